The second kappa shape index (κ2) is 8.60. The lowest BCUT2D eigenvalue weighted by atomic mass is 10.1. The number of benzene rings is 2. The van der Waals surface area contributed by atoms with Gasteiger partial charge in [0.05, 0.1) is 25.1 Å². The van der Waals surface area contributed by atoms with Gasteiger partial charge in [0.2, 0.25) is 0 Å². The van der Waals surface area contributed by atoms with Crippen LogP contribution in [0.15, 0.2) is 66.9 Å². The standard InChI is InChI=1S/C26H24N2O5/c1-16-20(15-29)28-13-7-12-22(25(28)27-16)32-24-18-9-4-3-8-17(18)14-23(24)33-26(30)19-10-5-6-11-21(19)31-2/h3-13,23-24,29H,14-15H2,1-2H3/t23-,24-/m1/s1. The largest absolute Gasteiger partial charge is 0.496 e. The number of nitrogens with zero attached hydrogens (tertiary/aromatic N) is 2. The van der Waals surface area contributed by atoms with Crippen LogP contribution in [-0.2, 0) is 17.8 Å². The number of para-hydroxylation sites is 1. The normalized spacial score (nSPS) is 17.1. The van der Waals surface area contributed by atoms with Crippen molar-refractivity contribution in [2.24, 2.45) is 0 Å². The predicted octanol–water partition coefficient (Wildman–Crippen LogP) is 4.05. The van der Waals surface area contributed by atoms with E-state index >= 15 is 0 Å². The Balaban J connectivity index is 1.49. The smallest absolute Gasteiger partial charge is 0.342 e. The van der Waals surface area contributed by atoms with Crippen LogP contribution in [0.2, 0.25) is 0 Å². The van der Waals surface area contributed by atoms with Crippen LogP contribution >= 0.6 is 0 Å². The van der Waals surface area contributed by atoms with Gasteiger partial charge in [-0.05, 0) is 42.3 Å². The van der Waals surface area contributed by atoms with E-state index < -0.39 is 18.2 Å². The summed E-state index contributed by atoms with van der Waals surface area (Å²) in [5.74, 6) is 0.557. The minimum atomic E-state index is -0.520. The molecule has 0 radical (unpaired) electrons. The number of rotatable bonds is 6. The predicted molar refractivity (Wildman–Crippen MR) is 122 cm³/mol. The highest BCUT2D eigenvalue weighted by atomic mass is 16.6. The molecule has 1 aliphatic rings. The van der Waals surface area contributed by atoms with E-state index in [0.717, 1.165) is 16.8 Å². The van der Waals surface area contributed by atoms with E-state index in [1.54, 1.807) is 24.3 Å². The fourth-order valence-corrected chi connectivity index (χ4v) is 4.40. The highest BCUT2D eigenvalue weighted by Gasteiger charge is 2.38. The van der Waals surface area contributed by atoms with Crippen LogP contribution in [0.1, 0.15) is 39.0 Å². The quantitative estimate of drug-likeness (QED) is 0.452. The van der Waals surface area contributed by atoms with Crippen molar-refractivity contribution >= 4 is 11.6 Å². The summed E-state index contributed by atoms with van der Waals surface area (Å²) in [5.41, 5.74) is 4.47. The van der Waals surface area contributed by atoms with Crippen molar-refractivity contribution in [1.29, 1.82) is 0 Å². The molecule has 0 aliphatic heterocycles. The lowest BCUT2D eigenvalue weighted by Crippen LogP contribution is -2.26. The first-order valence-corrected chi connectivity index (χ1v) is 10.8. The van der Waals surface area contributed by atoms with Crippen LogP contribution in [-0.4, -0.2) is 33.7 Å². The maximum atomic E-state index is 13.0. The molecule has 2 aromatic heterocycles. The Kier molecular flexibility index (Phi) is 5.48. The van der Waals surface area contributed by atoms with Gasteiger partial charge in [-0.25, -0.2) is 9.78 Å². The van der Waals surface area contributed by atoms with E-state index in [1.807, 2.05) is 53.9 Å². The van der Waals surface area contributed by atoms with Gasteiger partial charge < -0.3 is 19.3 Å². The molecule has 1 aliphatic carbocycles. The molecule has 0 saturated carbocycles. The van der Waals surface area contributed by atoms with E-state index in [-0.39, 0.29) is 6.61 Å². The number of aromatic nitrogens is 2. The SMILES string of the molecule is COc1ccccc1C(=O)O[C@@H]1Cc2ccccc2[C@H]1Oc1cccn2c(CO)c(C)nc12. The maximum Gasteiger partial charge on any atom is 0.342 e. The first-order valence-electron chi connectivity index (χ1n) is 10.8. The molecule has 0 bridgehead atoms. The number of carbonyl (C=O) groups is 1. The van der Waals surface area contributed by atoms with Crippen molar-refractivity contribution in [3.63, 3.8) is 0 Å². The summed E-state index contributed by atoms with van der Waals surface area (Å²) in [7, 11) is 1.53. The fraction of sp³-hybridized carbons (Fsp3) is 0.231. The number of esters is 1. The number of methoxy groups -OCH3 is 1. The van der Waals surface area contributed by atoms with Crippen LogP contribution in [0, 0.1) is 6.92 Å². The number of aliphatic hydroxyl groups is 1. The average molecular weight is 444 g/mol. The highest BCUT2D eigenvalue weighted by molar-refractivity contribution is 5.92. The Morgan fingerprint density at radius 3 is 2.67 bits per heavy atom. The minimum absolute atomic E-state index is 0.123. The minimum Gasteiger partial charge on any atom is -0.496 e. The molecule has 0 unspecified atom stereocenters. The van der Waals surface area contributed by atoms with Crippen molar-refractivity contribution in [3.05, 3.63) is 94.9 Å². The van der Waals surface area contributed by atoms with Crippen LogP contribution in [0.4, 0.5) is 0 Å². The second-order valence-corrected chi connectivity index (χ2v) is 7.95. The average Bonchev–Trinajstić information content (AvgIpc) is 3.35. The van der Waals surface area contributed by atoms with Crippen molar-refractivity contribution < 1.29 is 24.1 Å². The van der Waals surface area contributed by atoms with Gasteiger partial charge in [-0.3, -0.25) is 4.40 Å². The third-order valence-electron chi connectivity index (χ3n) is 6.02. The van der Waals surface area contributed by atoms with Crippen molar-refractivity contribution in [2.45, 2.75) is 32.2 Å². The van der Waals surface area contributed by atoms with Gasteiger partial charge in [0.15, 0.2) is 17.5 Å². The Labute approximate surface area is 191 Å². The Bertz CT molecular complexity index is 1330. The van der Waals surface area contributed by atoms with Gasteiger partial charge in [-0.1, -0.05) is 36.4 Å². The molecule has 0 fully saturated rings. The monoisotopic (exact) mass is 444 g/mol. The molecule has 7 heteroatoms. The molecule has 168 valence electrons. The van der Waals surface area contributed by atoms with E-state index in [9.17, 15) is 9.90 Å². The number of imidazole rings is 1. The van der Waals surface area contributed by atoms with Gasteiger partial charge in [0, 0.05) is 12.6 Å². The zero-order valence-corrected chi connectivity index (χ0v) is 18.4. The fourth-order valence-electron chi connectivity index (χ4n) is 4.40. The zero-order chi connectivity index (χ0) is 22.9. The third kappa shape index (κ3) is 3.70. The van der Waals surface area contributed by atoms with Crippen LogP contribution in [0.5, 0.6) is 11.5 Å². The molecular weight excluding hydrogens is 420 g/mol. The first kappa shape index (κ1) is 21.0. The lowest BCUT2D eigenvalue weighted by molar-refractivity contribution is -0.00309. The van der Waals surface area contributed by atoms with Crippen LogP contribution in [0.3, 0.4) is 0 Å². The third-order valence-corrected chi connectivity index (χ3v) is 6.02. The van der Waals surface area contributed by atoms with Gasteiger partial charge in [-0.2, -0.15) is 0 Å². The molecule has 5 rings (SSSR count). The number of carbonyl (C=O) groups excluding carboxylic acids is 1. The van der Waals surface area contributed by atoms with E-state index in [2.05, 4.69) is 4.98 Å². The number of fused-ring (bicyclic) bond motifs is 2. The number of aryl methyl sites for hydroxylation is 1. The summed E-state index contributed by atoms with van der Waals surface area (Å²) < 4.78 is 19.6. The molecule has 2 atom stereocenters. The number of ether oxygens (including phenoxy) is 3. The molecule has 2 aromatic carbocycles. The zero-order valence-electron chi connectivity index (χ0n) is 18.4. The van der Waals surface area contributed by atoms with Gasteiger partial charge >= 0.3 is 5.97 Å². The molecule has 0 spiro atoms. The molecular formula is C26H24N2O5. The maximum absolute atomic E-state index is 13.0. The summed E-state index contributed by atoms with van der Waals surface area (Å²) in [6, 6.07) is 18.6. The van der Waals surface area contributed by atoms with E-state index in [4.69, 9.17) is 14.2 Å². The van der Waals surface area contributed by atoms with Crippen molar-refractivity contribution in [3.8, 4) is 11.5 Å². The number of hydrogen-bond acceptors (Lipinski definition) is 6. The molecule has 4 aromatic rings. The topological polar surface area (TPSA) is 82.3 Å². The second-order valence-electron chi connectivity index (χ2n) is 7.95. The number of aliphatic hydroxyl groups excluding tert-OH is 1. The molecule has 2 heterocycles. The van der Waals surface area contributed by atoms with Gasteiger partial charge in [0.1, 0.15) is 17.4 Å². The summed E-state index contributed by atoms with van der Waals surface area (Å²) in [6.07, 6.45) is 1.37. The van der Waals surface area contributed by atoms with Crippen molar-refractivity contribution in [2.75, 3.05) is 7.11 Å². The van der Waals surface area contributed by atoms with Crippen LogP contribution < -0.4 is 9.47 Å². The highest BCUT2D eigenvalue weighted by Crippen LogP contribution is 2.39. The van der Waals surface area contributed by atoms with E-state index in [0.29, 0.717) is 34.8 Å². The van der Waals surface area contributed by atoms with E-state index in [1.165, 1.54) is 7.11 Å². The van der Waals surface area contributed by atoms with Crippen LogP contribution in [0.25, 0.3) is 5.65 Å². The number of hydrogen-bond donors (Lipinski definition) is 1. The summed E-state index contributed by atoms with van der Waals surface area (Å²) in [6.45, 7) is 1.73. The lowest BCUT2D eigenvalue weighted by Gasteiger charge is -2.23. The first-order chi connectivity index (χ1) is 16.1. The molecule has 33 heavy (non-hydrogen) atoms. The Hall–Kier alpha value is -3.84. The molecule has 1 N–H and O–H groups in total. The summed E-state index contributed by atoms with van der Waals surface area (Å²) in [5, 5.41) is 9.73. The molecule has 0 saturated heterocycles. The summed E-state index contributed by atoms with van der Waals surface area (Å²) >= 11 is 0. The van der Waals surface area contributed by atoms with Crippen molar-refractivity contribution in [1.82, 2.24) is 9.38 Å². The Morgan fingerprint density at radius 2 is 1.85 bits per heavy atom. The molecule has 0 amide bonds. The molecule has 7 nitrogen and oxygen atoms in total. The van der Waals surface area contributed by atoms with Gasteiger partial charge in [-0.15, -0.1) is 0 Å². The Morgan fingerprint density at radius 1 is 1.09 bits per heavy atom. The van der Waals surface area contributed by atoms with Gasteiger partial charge in [0.25, 0.3) is 0 Å². The summed E-state index contributed by atoms with van der Waals surface area (Å²) in [4.78, 5) is 17.6. The number of pyridine rings is 1.